The summed E-state index contributed by atoms with van der Waals surface area (Å²) in [4.78, 5) is 13.5. The average Bonchev–Trinajstić information content (AvgIpc) is 2.15. The van der Waals surface area contributed by atoms with Crippen LogP contribution in [0, 0.1) is 0 Å². The molecule has 0 radical (unpaired) electrons. The molecule has 0 aromatic heterocycles. The van der Waals surface area contributed by atoms with Crippen molar-refractivity contribution in [2.24, 2.45) is 0 Å². The summed E-state index contributed by atoms with van der Waals surface area (Å²) in [6.45, 7) is 7.96. The number of nitrogens with zero attached hydrogens (tertiary/aromatic N) is 1. The summed E-state index contributed by atoms with van der Waals surface area (Å²) in [6, 6.07) is 7.16. The zero-order valence-electron chi connectivity index (χ0n) is 10.7. The monoisotopic (exact) mass is 255 g/mol. The Kier molecular flexibility index (Phi) is 4.40. The summed E-state index contributed by atoms with van der Waals surface area (Å²) in [5, 5.41) is 0.601. The van der Waals surface area contributed by atoms with Gasteiger partial charge in [0.1, 0.15) is 5.60 Å². The lowest BCUT2D eigenvalue weighted by Crippen LogP contribution is -2.36. The van der Waals surface area contributed by atoms with Gasteiger partial charge in [-0.2, -0.15) is 0 Å². The van der Waals surface area contributed by atoms with E-state index in [2.05, 4.69) is 0 Å². The molecule has 3 nitrogen and oxygen atoms in total. The van der Waals surface area contributed by atoms with E-state index in [0.717, 1.165) is 5.69 Å². The Bertz CT molecular complexity index is 399. The number of amides is 1. The lowest BCUT2D eigenvalue weighted by molar-refractivity contribution is 0.0582. The minimum Gasteiger partial charge on any atom is -0.443 e. The molecule has 1 rings (SSSR count). The van der Waals surface area contributed by atoms with E-state index in [4.69, 9.17) is 16.3 Å². The lowest BCUT2D eigenvalue weighted by atomic mass is 10.2. The fraction of sp³-hybridized carbons (Fsp3) is 0.462. The zero-order chi connectivity index (χ0) is 13.1. The molecule has 0 N–H and O–H groups in total. The standard InChI is InChI=1S/C13H18ClNO2/c1-5-15(12(16)17-13(2,3)4)11-8-6-7-10(14)9-11/h6-9H,5H2,1-4H3. The Morgan fingerprint density at radius 2 is 2.06 bits per heavy atom. The number of anilines is 1. The van der Waals surface area contributed by atoms with Gasteiger partial charge in [-0.05, 0) is 45.9 Å². The normalized spacial score (nSPS) is 11.1. The topological polar surface area (TPSA) is 29.5 Å². The number of benzene rings is 1. The molecule has 94 valence electrons. The third kappa shape index (κ3) is 4.27. The smallest absolute Gasteiger partial charge is 0.414 e. The van der Waals surface area contributed by atoms with E-state index in [1.54, 1.807) is 17.0 Å². The van der Waals surface area contributed by atoms with Gasteiger partial charge in [-0.15, -0.1) is 0 Å². The van der Waals surface area contributed by atoms with Gasteiger partial charge in [-0.1, -0.05) is 17.7 Å². The number of carbonyl (C=O) groups is 1. The number of ether oxygens (including phenoxy) is 1. The summed E-state index contributed by atoms with van der Waals surface area (Å²) in [5.41, 5.74) is 0.248. The molecule has 0 aliphatic rings. The van der Waals surface area contributed by atoms with Crippen molar-refractivity contribution in [3.05, 3.63) is 29.3 Å². The van der Waals surface area contributed by atoms with E-state index >= 15 is 0 Å². The number of hydrogen-bond donors (Lipinski definition) is 0. The molecule has 0 spiro atoms. The van der Waals surface area contributed by atoms with Crippen LogP contribution in [-0.4, -0.2) is 18.2 Å². The van der Waals surface area contributed by atoms with Crippen molar-refractivity contribution in [3.8, 4) is 0 Å². The molecule has 0 saturated carbocycles. The van der Waals surface area contributed by atoms with Crippen molar-refractivity contribution >= 4 is 23.4 Å². The van der Waals surface area contributed by atoms with Gasteiger partial charge in [0.15, 0.2) is 0 Å². The van der Waals surface area contributed by atoms with Gasteiger partial charge in [0.05, 0.1) is 0 Å². The van der Waals surface area contributed by atoms with E-state index in [-0.39, 0.29) is 6.09 Å². The molecule has 0 aliphatic carbocycles. The van der Waals surface area contributed by atoms with Crippen LogP contribution in [0.3, 0.4) is 0 Å². The predicted molar refractivity (Wildman–Crippen MR) is 70.7 cm³/mol. The van der Waals surface area contributed by atoms with Crippen LogP contribution in [0.5, 0.6) is 0 Å². The molecule has 1 aromatic carbocycles. The number of hydrogen-bond acceptors (Lipinski definition) is 2. The van der Waals surface area contributed by atoms with Crippen LogP contribution in [0.25, 0.3) is 0 Å². The van der Waals surface area contributed by atoms with E-state index < -0.39 is 5.60 Å². The maximum Gasteiger partial charge on any atom is 0.414 e. The first-order valence-electron chi connectivity index (χ1n) is 5.59. The molecular weight excluding hydrogens is 238 g/mol. The number of rotatable bonds is 2. The van der Waals surface area contributed by atoms with Crippen molar-refractivity contribution in [3.63, 3.8) is 0 Å². The SMILES string of the molecule is CCN(C(=O)OC(C)(C)C)c1cccc(Cl)c1. The second kappa shape index (κ2) is 5.41. The summed E-state index contributed by atoms with van der Waals surface area (Å²) in [6.07, 6.45) is -0.359. The predicted octanol–water partition coefficient (Wildman–Crippen LogP) is 4.10. The van der Waals surface area contributed by atoms with Gasteiger partial charge < -0.3 is 4.74 Å². The minimum absolute atomic E-state index is 0.359. The van der Waals surface area contributed by atoms with Crippen LogP contribution in [0.2, 0.25) is 5.02 Å². The first-order chi connectivity index (χ1) is 7.83. The van der Waals surface area contributed by atoms with Crippen LogP contribution < -0.4 is 4.90 Å². The average molecular weight is 256 g/mol. The third-order valence-corrected chi connectivity index (χ3v) is 2.29. The first-order valence-corrected chi connectivity index (χ1v) is 5.97. The Balaban J connectivity index is 2.88. The second-order valence-electron chi connectivity index (χ2n) is 4.70. The highest BCUT2D eigenvalue weighted by Crippen LogP contribution is 2.21. The zero-order valence-corrected chi connectivity index (χ0v) is 11.4. The van der Waals surface area contributed by atoms with Crippen LogP contribution in [0.15, 0.2) is 24.3 Å². The Morgan fingerprint density at radius 3 is 2.53 bits per heavy atom. The Hall–Kier alpha value is -1.22. The fourth-order valence-corrected chi connectivity index (χ4v) is 1.56. The molecule has 0 heterocycles. The van der Waals surface area contributed by atoms with Gasteiger partial charge in [0.2, 0.25) is 0 Å². The molecule has 0 fully saturated rings. The Labute approximate surface area is 107 Å². The van der Waals surface area contributed by atoms with Gasteiger partial charge in [-0.3, -0.25) is 4.90 Å². The van der Waals surface area contributed by atoms with E-state index in [9.17, 15) is 4.79 Å². The molecule has 4 heteroatoms. The third-order valence-electron chi connectivity index (χ3n) is 2.05. The first kappa shape index (κ1) is 13.8. The van der Waals surface area contributed by atoms with E-state index in [1.807, 2.05) is 39.8 Å². The molecule has 1 aromatic rings. The maximum atomic E-state index is 12.0. The summed E-state index contributed by atoms with van der Waals surface area (Å²) >= 11 is 5.90. The Morgan fingerprint density at radius 1 is 1.41 bits per heavy atom. The quantitative estimate of drug-likeness (QED) is 0.796. The molecule has 17 heavy (non-hydrogen) atoms. The van der Waals surface area contributed by atoms with Gasteiger partial charge in [0, 0.05) is 17.3 Å². The van der Waals surface area contributed by atoms with Crippen molar-refractivity contribution < 1.29 is 9.53 Å². The van der Waals surface area contributed by atoms with Crippen molar-refractivity contribution in [1.29, 1.82) is 0 Å². The van der Waals surface area contributed by atoms with Crippen LogP contribution in [-0.2, 0) is 4.74 Å². The minimum atomic E-state index is -0.497. The summed E-state index contributed by atoms with van der Waals surface area (Å²) in [5.74, 6) is 0. The molecule has 0 bridgehead atoms. The molecule has 0 unspecified atom stereocenters. The van der Waals surface area contributed by atoms with Gasteiger partial charge >= 0.3 is 6.09 Å². The number of halogens is 1. The summed E-state index contributed by atoms with van der Waals surface area (Å²) in [7, 11) is 0. The van der Waals surface area contributed by atoms with Crippen LogP contribution >= 0.6 is 11.6 Å². The highest BCUT2D eigenvalue weighted by molar-refractivity contribution is 6.30. The second-order valence-corrected chi connectivity index (χ2v) is 5.14. The lowest BCUT2D eigenvalue weighted by Gasteiger charge is -2.26. The molecular formula is C13H18ClNO2. The molecule has 0 atom stereocenters. The number of carbonyl (C=O) groups excluding carboxylic acids is 1. The van der Waals surface area contributed by atoms with E-state index in [1.165, 1.54) is 0 Å². The van der Waals surface area contributed by atoms with Crippen LogP contribution in [0.4, 0.5) is 10.5 Å². The maximum absolute atomic E-state index is 12.0. The van der Waals surface area contributed by atoms with E-state index in [0.29, 0.717) is 11.6 Å². The van der Waals surface area contributed by atoms with Crippen molar-refractivity contribution in [2.45, 2.75) is 33.3 Å². The molecule has 0 saturated heterocycles. The fourth-order valence-electron chi connectivity index (χ4n) is 1.38. The largest absolute Gasteiger partial charge is 0.443 e. The molecule has 1 amide bonds. The van der Waals surface area contributed by atoms with Crippen molar-refractivity contribution in [2.75, 3.05) is 11.4 Å². The molecule has 0 aliphatic heterocycles. The van der Waals surface area contributed by atoms with Gasteiger partial charge in [-0.25, -0.2) is 4.79 Å². The van der Waals surface area contributed by atoms with Crippen LogP contribution in [0.1, 0.15) is 27.7 Å². The highest BCUT2D eigenvalue weighted by Gasteiger charge is 2.22. The van der Waals surface area contributed by atoms with Crippen molar-refractivity contribution in [1.82, 2.24) is 0 Å². The summed E-state index contributed by atoms with van der Waals surface area (Å²) < 4.78 is 5.33. The highest BCUT2D eigenvalue weighted by atomic mass is 35.5. The van der Waals surface area contributed by atoms with Gasteiger partial charge in [0.25, 0.3) is 0 Å².